The first-order valence-corrected chi connectivity index (χ1v) is 9.94. The quantitative estimate of drug-likeness (QED) is 0.461. The lowest BCUT2D eigenvalue weighted by Crippen LogP contribution is -2.21. The third kappa shape index (κ3) is 3.55. The summed E-state index contributed by atoms with van der Waals surface area (Å²) < 4.78 is 1.80. The molecule has 6 nitrogen and oxygen atoms in total. The van der Waals surface area contributed by atoms with E-state index in [2.05, 4.69) is 15.4 Å². The van der Waals surface area contributed by atoms with Crippen LogP contribution in [0, 0.1) is 0 Å². The topological polar surface area (TPSA) is 63.4 Å². The molecule has 2 heterocycles. The van der Waals surface area contributed by atoms with Gasteiger partial charge >= 0.3 is 0 Å². The van der Waals surface area contributed by atoms with Gasteiger partial charge in [0.25, 0.3) is 5.91 Å². The minimum absolute atomic E-state index is 0.129. The molecule has 0 fully saturated rings. The smallest absolute Gasteiger partial charge is 0.267 e. The molecule has 6 heteroatoms. The SMILES string of the molecule is CC1=NN(c2ccccc2)C(=O)/C1=C\c1ccc(-n2nncc2-c2ccccc2)cc1. The molecule has 0 unspecified atom stereocenters. The van der Waals surface area contributed by atoms with E-state index in [4.69, 9.17) is 0 Å². The minimum atomic E-state index is -0.129. The molecule has 0 atom stereocenters. The Balaban J connectivity index is 1.42. The van der Waals surface area contributed by atoms with Crippen LogP contribution < -0.4 is 5.01 Å². The summed E-state index contributed by atoms with van der Waals surface area (Å²) in [6, 6.07) is 27.3. The molecule has 0 saturated heterocycles. The number of para-hydroxylation sites is 1. The van der Waals surface area contributed by atoms with E-state index in [0.717, 1.165) is 28.2 Å². The van der Waals surface area contributed by atoms with Crippen molar-refractivity contribution in [2.75, 3.05) is 5.01 Å². The second kappa shape index (κ2) is 7.84. The highest BCUT2D eigenvalue weighted by Crippen LogP contribution is 2.25. The summed E-state index contributed by atoms with van der Waals surface area (Å²) in [6.07, 6.45) is 3.62. The second-order valence-corrected chi connectivity index (χ2v) is 7.18. The average Bonchev–Trinajstić information content (AvgIpc) is 3.42. The van der Waals surface area contributed by atoms with Gasteiger partial charge in [-0.3, -0.25) is 4.79 Å². The number of nitrogens with zero attached hydrogens (tertiary/aromatic N) is 5. The van der Waals surface area contributed by atoms with Gasteiger partial charge in [-0.05, 0) is 42.8 Å². The van der Waals surface area contributed by atoms with Crippen molar-refractivity contribution in [3.05, 3.63) is 102 Å². The summed E-state index contributed by atoms with van der Waals surface area (Å²) in [4.78, 5) is 12.9. The van der Waals surface area contributed by atoms with Gasteiger partial charge in [0.05, 0.1) is 34.6 Å². The van der Waals surface area contributed by atoms with Gasteiger partial charge in [0, 0.05) is 5.56 Å². The number of aromatic nitrogens is 3. The number of rotatable bonds is 4. The standard InChI is InChI=1S/C25H19N5O/c1-18-23(25(31)30(27-18)21-10-6-3-7-11-21)16-19-12-14-22(15-13-19)29-24(17-26-28-29)20-8-4-2-5-9-20/h2-17H,1H3/b23-16-. The molecule has 1 amide bonds. The van der Waals surface area contributed by atoms with Crippen molar-refractivity contribution in [2.24, 2.45) is 5.10 Å². The number of hydrogen-bond acceptors (Lipinski definition) is 4. The predicted octanol–water partition coefficient (Wildman–Crippen LogP) is 4.74. The maximum atomic E-state index is 12.9. The predicted molar refractivity (Wildman–Crippen MR) is 122 cm³/mol. The highest BCUT2D eigenvalue weighted by Gasteiger charge is 2.28. The van der Waals surface area contributed by atoms with E-state index in [-0.39, 0.29) is 5.91 Å². The van der Waals surface area contributed by atoms with E-state index in [1.807, 2.05) is 97.9 Å². The van der Waals surface area contributed by atoms with E-state index in [0.29, 0.717) is 11.3 Å². The largest absolute Gasteiger partial charge is 0.280 e. The van der Waals surface area contributed by atoms with Gasteiger partial charge < -0.3 is 0 Å². The molecule has 0 aliphatic carbocycles. The fourth-order valence-electron chi connectivity index (χ4n) is 3.54. The zero-order valence-corrected chi connectivity index (χ0v) is 16.9. The van der Waals surface area contributed by atoms with Gasteiger partial charge in [-0.15, -0.1) is 5.10 Å². The molecule has 5 rings (SSSR count). The van der Waals surface area contributed by atoms with Gasteiger partial charge in [-0.25, -0.2) is 4.68 Å². The zero-order valence-electron chi connectivity index (χ0n) is 16.9. The Hall–Kier alpha value is -4.32. The fourth-order valence-corrected chi connectivity index (χ4v) is 3.54. The molecule has 0 bridgehead atoms. The molecular formula is C25H19N5O. The van der Waals surface area contributed by atoms with Crippen LogP contribution in [-0.4, -0.2) is 26.6 Å². The Bertz CT molecular complexity index is 1290. The molecule has 0 radical (unpaired) electrons. The van der Waals surface area contributed by atoms with Crippen LogP contribution in [-0.2, 0) is 4.79 Å². The second-order valence-electron chi connectivity index (χ2n) is 7.18. The lowest BCUT2D eigenvalue weighted by molar-refractivity contribution is -0.114. The van der Waals surface area contributed by atoms with Crippen LogP contribution in [0.15, 0.2) is 102 Å². The van der Waals surface area contributed by atoms with Crippen LogP contribution in [0.25, 0.3) is 23.0 Å². The number of hydrazone groups is 1. The maximum absolute atomic E-state index is 12.9. The molecule has 3 aromatic carbocycles. The lowest BCUT2D eigenvalue weighted by atomic mass is 10.1. The number of hydrogen-bond donors (Lipinski definition) is 0. The van der Waals surface area contributed by atoms with Gasteiger partial charge in [-0.2, -0.15) is 10.1 Å². The average molecular weight is 405 g/mol. The summed E-state index contributed by atoms with van der Waals surface area (Å²) in [5.74, 6) is -0.129. The van der Waals surface area contributed by atoms with Gasteiger partial charge in [0.2, 0.25) is 0 Å². The van der Waals surface area contributed by atoms with E-state index < -0.39 is 0 Å². The Morgan fingerprint density at radius 1 is 0.806 bits per heavy atom. The zero-order chi connectivity index (χ0) is 21.2. The van der Waals surface area contributed by atoms with E-state index >= 15 is 0 Å². The molecule has 31 heavy (non-hydrogen) atoms. The molecule has 0 N–H and O–H groups in total. The summed E-state index contributed by atoms with van der Waals surface area (Å²) in [7, 11) is 0. The third-order valence-electron chi connectivity index (χ3n) is 5.13. The number of carbonyl (C=O) groups excluding carboxylic acids is 1. The summed E-state index contributed by atoms with van der Waals surface area (Å²) in [5, 5.41) is 14.2. The molecule has 0 saturated carbocycles. The van der Waals surface area contributed by atoms with Gasteiger partial charge in [0.15, 0.2) is 0 Å². The first-order valence-electron chi connectivity index (χ1n) is 9.94. The first kappa shape index (κ1) is 18.7. The van der Waals surface area contributed by atoms with Crippen LogP contribution in [0.4, 0.5) is 5.69 Å². The Kier molecular flexibility index (Phi) is 4.72. The lowest BCUT2D eigenvalue weighted by Gasteiger charge is -2.11. The monoisotopic (exact) mass is 405 g/mol. The van der Waals surface area contributed by atoms with Crippen LogP contribution in [0.1, 0.15) is 12.5 Å². The maximum Gasteiger partial charge on any atom is 0.280 e. The Labute approximate surface area is 179 Å². The molecule has 1 aromatic heterocycles. The highest BCUT2D eigenvalue weighted by molar-refractivity contribution is 6.32. The van der Waals surface area contributed by atoms with Crippen LogP contribution >= 0.6 is 0 Å². The molecule has 4 aromatic rings. The number of benzene rings is 3. The molecule has 150 valence electrons. The van der Waals surface area contributed by atoms with E-state index in [1.54, 1.807) is 10.9 Å². The Morgan fingerprint density at radius 3 is 2.19 bits per heavy atom. The number of anilines is 1. The van der Waals surface area contributed by atoms with Crippen molar-refractivity contribution in [2.45, 2.75) is 6.92 Å². The van der Waals surface area contributed by atoms with Crippen molar-refractivity contribution in [3.63, 3.8) is 0 Å². The first-order chi connectivity index (χ1) is 15.2. The third-order valence-corrected chi connectivity index (χ3v) is 5.13. The highest BCUT2D eigenvalue weighted by atomic mass is 16.2. The molecule has 1 aliphatic heterocycles. The van der Waals surface area contributed by atoms with Crippen molar-refractivity contribution < 1.29 is 4.79 Å². The van der Waals surface area contributed by atoms with Crippen LogP contribution in [0.2, 0.25) is 0 Å². The minimum Gasteiger partial charge on any atom is -0.267 e. The summed E-state index contributed by atoms with van der Waals surface area (Å²) in [6.45, 7) is 1.85. The van der Waals surface area contributed by atoms with Gasteiger partial charge in [0.1, 0.15) is 0 Å². The van der Waals surface area contributed by atoms with Crippen molar-refractivity contribution in [1.82, 2.24) is 15.0 Å². The summed E-state index contributed by atoms with van der Waals surface area (Å²) in [5.41, 5.74) is 5.81. The molecular weight excluding hydrogens is 386 g/mol. The van der Waals surface area contributed by atoms with Crippen molar-refractivity contribution in [1.29, 1.82) is 0 Å². The van der Waals surface area contributed by atoms with E-state index in [1.165, 1.54) is 5.01 Å². The van der Waals surface area contributed by atoms with Crippen molar-refractivity contribution >= 4 is 23.4 Å². The van der Waals surface area contributed by atoms with Gasteiger partial charge in [-0.1, -0.05) is 65.9 Å². The molecule has 0 spiro atoms. The number of amides is 1. The fraction of sp³-hybridized carbons (Fsp3) is 0.0400. The van der Waals surface area contributed by atoms with E-state index in [9.17, 15) is 4.79 Å². The van der Waals surface area contributed by atoms with Crippen LogP contribution in [0.5, 0.6) is 0 Å². The molecule has 1 aliphatic rings. The van der Waals surface area contributed by atoms with Crippen molar-refractivity contribution in [3.8, 4) is 16.9 Å². The number of carbonyl (C=O) groups is 1. The normalized spacial score (nSPS) is 14.9. The Morgan fingerprint density at radius 2 is 1.48 bits per heavy atom. The summed E-state index contributed by atoms with van der Waals surface area (Å²) >= 11 is 0. The van der Waals surface area contributed by atoms with Crippen LogP contribution in [0.3, 0.4) is 0 Å².